The van der Waals surface area contributed by atoms with E-state index in [2.05, 4.69) is 0 Å². The van der Waals surface area contributed by atoms with Gasteiger partial charge in [0.15, 0.2) is 0 Å². The van der Waals surface area contributed by atoms with E-state index in [1.165, 1.54) is 0 Å². The molecule has 0 heterocycles. The van der Waals surface area contributed by atoms with E-state index >= 15 is 0 Å². The van der Waals surface area contributed by atoms with Crippen LogP contribution in [0.1, 0.15) is 57.4 Å². The summed E-state index contributed by atoms with van der Waals surface area (Å²) in [5.41, 5.74) is 0. The highest BCUT2D eigenvalue weighted by Gasteiger charge is 1.89. The molecule has 0 atom stereocenters. The van der Waals surface area contributed by atoms with Gasteiger partial charge in [-0.1, -0.05) is 24.8 Å². The second-order valence-corrected chi connectivity index (χ2v) is 1.00. The van der Waals surface area contributed by atoms with Crippen molar-refractivity contribution in [3.05, 3.63) is 12.1 Å². The van der Waals surface area contributed by atoms with E-state index in [0.717, 1.165) is 0 Å². The highest BCUT2D eigenvalue weighted by molar-refractivity contribution is 4.82. The molecule has 0 unspecified atom stereocenters. The van der Waals surface area contributed by atoms with E-state index < -0.39 is 50.3 Å². The molecule has 0 aromatic carbocycles. The zero-order valence-corrected chi connectivity index (χ0v) is 4.00. The Labute approximate surface area is 71.3 Å². The van der Waals surface area contributed by atoms with Gasteiger partial charge in [-0.25, -0.2) is 0 Å². The molecule has 1 aliphatic rings. The molecule has 0 heteroatoms. The number of allylic oxidation sites excluding steroid dienone is 2. The van der Waals surface area contributed by atoms with Gasteiger partial charge in [0.25, 0.3) is 0 Å². The number of hydrogen-bond donors (Lipinski definition) is 0. The molecular formula is C8H14. The number of hydrogen-bond acceptors (Lipinski definition) is 0. The molecule has 0 bridgehead atoms. The molecule has 0 fully saturated rings. The Kier molecular flexibility index (Phi) is 0.345. The zero-order chi connectivity index (χ0) is 18.2. The van der Waals surface area contributed by atoms with Crippen molar-refractivity contribution in [2.45, 2.75) is 38.2 Å². The first-order chi connectivity index (χ1) is 9.32. The monoisotopic (exact) mass is 124 g/mol. The molecular weight excluding hydrogens is 96.1 g/mol. The van der Waals surface area contributed by atoms with Crippen molar-refractivity contribution in [3.63, 3.8) is 0 Å². The Balaban J connectivity index is 4.02. The minimum Gasteiger partial charge on any atom is -0.0885 e. The molecule has 0 aromatic heterocycles. The average molecular weight is 124 g/mol. The highest BCUT2D eigenvalue weighted by Crippen LogP contribution is 2.09. The summed E-state index contributed by atoms with van der Waals surface area (Å²) in [6.45, 7) is 0. The number of rotatable bonds is 0. The van der Waals surface area contributed by atoms with Gasteiger partial charge in [-0.05, 0) is 25.5 Å². The average Bonchev–Trinajstić information content (AvgIpc) is 2.34. The summed E-state index contributed by atoms with van der Waals surface area (Å²) in [6.07, 6.45) is -22.2. The van der Waals surface area contributed by atoms with Crippen molar-refractivity contribution in [2.24, 2.45) is 0 Å². The topological polar surface area (TPSA) is 0 Å². The van der Waals surface area contributed by atoms with Crippen molar-refractivity contribution in [1.82, 2.24) is 0 Å². The molecule has 0 spiro atoms. The maximum atomic E-state index is 7.62. The van der Waals surface area contributed by atoms with Gasteiger partial charge in [0.05, 0.1) is 2.74 Å². The van der Waals surface area contributed by atoms with E-state index in [-0.39, 0.29) is 0 Å². The zero-order valence-electron chi connectivity index (χ0n) is 18.0. The molecule has 0 aliphatic heterocycles. The standard InChI is InChI=1S/C8H14/c1-2-4-6-8-7-5-3-1/h1-2H,3-8H2/b2-1-/i1D,2D,3D2,4D2,5D2,6D2,7D2,8D2. The van der Waals surface area contributed by atoms with Gasteiger partial charge < -0.3 is 0 Å². The van der Waals surface area contributed by atoms with Crippen LogP contribution >= 0.6 is 0 Å². The maximum Gasteiger partial charge on any atom is 0.0572 e. The minimum atomic E-state index is -3.83. The van der Waals surface area contributed by atoms with Crippen molar-refractivity contribution >= 4 is 0 Å². The maximum absolute atomic E-state index is 7.62. The highest BCUT2D eigenvalue weighted by atomic mass is 14.0. The Hall–Kier alpha value is -0.260. The summed E-state index contributed by atoms with van der Waals surface area (Å²) in [5.74, 6) is 0. The van der Waals surface area contributed by atoms with Crippen molar-refractivity contribution in [1.29, 1.82) is 0 Å². The second kappa shape index (κ2) is 3.71. The molecule has 0 N–H and O–H groups in total. The predicted octanol–water partition coefficient (Wildman–Crippen LogP) is 2.90. The molecule has 0 nitrogen and oxygen atoms in total. The van der Waals surface area contributed by atoms with E-state index in [9.17, 15) is 0 Å². The summed E-state index contributed by atoms with van der Waals surface area (Å²) in [7, 11) is 0. The van der Waals surface area contributed by atoms with Gasteiger partial charge in [0.2, 0.25) is 0 Å². The lowest BCUT2D eigenvalue weighted by Crippen LogP contribution is -1.80. The second-order valence-electron chi connectivity index (χ2n) is 1.00. The molecule has 8 heavy (non-hydrogen) atoms. The lowest BCUT2D eigenvalue weighted by atomic mass is 10.1. The van der Waals surface area contributed by atoms with Crippen molar-refractivity contribution in [3.8, 4) is 0 Å². The van der Waals surface area contributed by atoms with Crippen LogP contribution in [0.15, 0.2) is 12.1 Å². The largest absolute Gasteiger partial charge is 0.0885 e. The van der Waals surface area contributed by atoms with Gasteiger partial charge >= 0.3 is 0 Å². The summed E-state index contributed by atoms with van der Waals surface area (Å²) in [4.78, 5) is 0. The SMILES string of the molecule is [2H]/C1=C(\[2H])C([2H])([2H])C([2H])([2H])C([2H])([2H])C([2H])([2H])C([2H])([2H])C1([2H])[2H]. The first-order valence-corrected chi connectivity index (χ1v) is 2.00. The van der Waals surface area contributed by atoms with Crippen LogP contribution in [0.25, 0.3) is 0 Å². The fraction of sp³-hybridized carbons (Fsp3) is 0.750. The van der Waals surface area contributed by atoms with Crippen LogP contribution in [0, 0.1) is 0 Å². The van der Waals surface area contributed by atoms with Gasteiger partial charge in [-0.15, -0.1) is 0 Å². The summed E-state index contributed by atoms with van der Waals surface area (Å²) >= 11 is 0. The van der Waals surface area contributed by atoms with Crippen LogP contribution < -0.4 is 0 Å². The molecule has 0 aromatic rings. The first-order valence-electron chi connectivity index (χ1n) is 9.00. The minimum absolute atomic E-state index is 1.56. The lowest BCUT2D eigenvalue weighted by molar-refractivity contribution is 0.638. The Morgan fingerprint density at radius 1 is 1.00 bits per heavy atom. The van der Waals surface area contributed by atoms with Crippen molar-refractivity contribution < 1.29 is 19.2 Å². The Morgan fingerprint density at radius 3 is 2.00 bits per heavy atom. The normalized spacial score (nSPS) is 97.0. The third kappa shape index (κ3) is 2.15. The third-order valence-electron chi connectivity index (χ3n) is 0.500. The van der Waals surface area contributed by atoms with Crippen LogP contribution in [-0.2, 0) is 0 Å². The van der Waals surface area contributed by atoms with Crippen LogP contribution in [0.4, 0.5) is 0 Å². The third-order valence-corrected chi connectivity index (χ3v) is 0.500. The van der Waals surface area contributed by atoms with Crippen LogP contribution in [0.5, 0.6) is 0 Å². The van der Waals surface area contributed by atoms with E-state index in [1.54, 1.807) is 0 Å². The quantitative estimate of drug-likeness (QED) is 0.436. The first kappa shape index (κ1) is 0.744. The van der Waals surface area contributed by atoms with E-state index in [4.69, 9.17) is 19.2 Å². The van der Waals surface area contributed by atoms with Gasteiger partial charge in [0, 0.05) is 16.4 Å². The van der Waals surface area contributed by atoms with E-state index in [1.807, 2.05) is 0 Å². The molecule has 46 valence electrons. The Morgan fingerprint density at radius 2 is 1.50 bits per heavy atom. The van der Waals surface area contributed by atoms with Gasteiger partial charge in [-0.2, -0.15) is 0 Å². The molecule has 0 amide bonds. The molecule has 0 saturated heterocycles. The van der Waals surface area contributed by atoms with Crippen LogP contribution in [0.2, 0.25) is 0 Å². The van der Waals surface area contributed by atoms with Crippen LogP contribution in [-0.4, -0.2) is 0 Å². The van der Waals surface area contributed by atoms with Crippen LogP contribution in [0.3, 0.4) is 0 Å². The fourth-order valence-electron chi connectivity index (χ4n) is 0.250. The fourth-order valence-corrected chi connectivity index (χ4v) is 0.250. The molecule has 0 radical (unpaired) electrons. The summed E-state index contributed by atoms with van der Waals surface area (Å²) < 4.78 is 106. The molecule has 0 saturated carbocycles. The smallest absolute Gasteiger partial charge is 0.0572 e. The van der Waals surface area contributed by atoms with E-state index in [0.29, 0.717) is 0 Å². The summed E-state index contributed by atoms with van der Waals surface area (Å²) in [5, 5.41) is 0. The lowest BCUT2D eigenvalue weighted by Gasteiger charge is -2.00. The Bertz CT molecular complexity index is 465. The molecule has 1 rings (SSSR count). The van der Waals surface area contributed by atoms with Gasteiger partial charge in [-0.3, -0.25) is 0 Å². The predicted molar refractivity (Wildman–Crippen MR) is 36.8 cm³/mol. The molecule has 1 aliphatic carbocycles. The van der Waals surface area contributed by atoms with Crippen molar-refractivity contribution in [2.75, 3.05) is 0 Å². The summed E-state index contributed by atoms with van der Waals surface area (Å²) in [6, 6.07) is -3.13. The van der Waals surface area contributed by atoms with Gasteiger partial charge in [0.1, 0.15) is 0 Å².